The standard InChI is InChI=1S/C20H26O5/c1-7-15-14(2)16(19(22)23-6)11-12-17(15)24-13-9-8-10-18(21)25-20(3,4)5/h1,11-12H,8-10,13H2,2-6H3. The van der Waals surface area contributed by atoms with E-state index in [1.807, 2.05) is 20.8 Å². The zero-order valence-electron chi connectivity index (χ0n) is 15.6. The zero-order valence-corrected chi connectivity index (χ0v) is 15.6. The van der Waals surface area contributed by atoms with E-state index in [-0.39, 0.29) is 5.97 Å². The zero-order chi connectivity index (χ0) is 19.0. The van der Waals surface area contributed by atoms with E-state index in [4.69, 9.17) is 20.6 Å². The van der Waals surface area contributed by atoms with Gasteiger partial charge in [0.1, 0.15) is 11.4 Å². The van der Waals surface area contributed by atoms with Crippen molar-refractivity contribution >= 4 is 11.9 Å². The lowest BCUT2D eigenvalue weighted by molar-refractivity contribution is -0.154. The number of carbonyl (C=O) groups excluding carboxylic acids is 2. The quantitative estimate of drug-likeness (QED) is 0.428. The van der Waals surface area contributed by atoms with Crippen LogP contribution < -0.4 is 4.74 Å². The molecule has 0 heterocycles. The Balaban J connectivity index is 2.56. The molecule has 0 atom stereocenters. The third kappa shape index (κ3) is 6.50. The fourth-order valence-electron chi connectivity index (χ4n) is 2.26. The van der Waals surface area contributed by atoms with Crippen LogP contribution in [0.2, 0.25) is 0 Å². The van der Waals surface area contributed by atoms with Crippen LogP contribution in [0.15, 0.2) is 12.1 Å². The molecule has 0 spiro atoms. The van der Waals surface area contributed by atoms with Crippen molar-refractivity contribution in [2.75, 3.05) is 13.7 Å². The maximum Gasteiger partial charge on any atom is 0.338 e. The molecule has 5 heteroatoms. The van der Waals surface area contributed by atoms with Crippen LogP contribution >= 0.6 is 0 Å². The Kier molecular flexibility index (Phi) is 7.50. The van der Waals surface area contributed by atoms with Crippen LogP contribution in [0.25, 0.3) is 0 Å². The molecule has 0 unspecified atom stereocenters. The van der Waals surface area contributed by atoms with Crippen molar-refractivity contribution in [3.63, 3.8) is 0 Å². The van der Waals surface area contributed by atoms with E-state index in [2.05, 4.69) is 5.92 Å². The minimum atomic E-state index is -0.464. The van der Waals surface area contributed by atoms with Gasteiger partial charge in [0.05, 0.1) is 24.8 Å². The van der Waals surface area contributed by atoms with Gasteiger partial charge in [-0.05, 0) is 58.2 Å². The average Bonchev–Trinajstić information content (AvgIpc) is 2.52. The Morgan fingerprint density at radius 1 is 1.20 bits per heavy atom. The third-order valence-corrected chi connectivity index (χ3v) is 3.43. The van der Waals surface area contributed by atoms with Crippen molar-refractivity contribution in [2.45, 2.75) is 52.6 Å². The normalized spacial score (nSPS) is 10.7. The van der Waals surface area contributed by atoms with Crippen LogP contribution in [-0.2, 0) is 14.3 Å². The van der Waals surface area contributed by atoms with Gasteiger partial charge in [-0.1, -0.05) is 5.92 Å². The summed E-state index contributed by atoms with van der Waals surface area (Å²) in [6.45, 7) is 7.71. The molecule has 0 aromatic heterocycles. The van der Waals surface area contributed by atoms with Gasteiger partial charge >= 0.3 is 11.9 Å². The van der Waals surface area contributed by atoms with Gasteiger partial charge in [0.25, 0.3) is 0 Å². The highest BCUT2D eigenvalue weighted by atomic mass is 16.6. The van der Waals surface area contributed by atoms with Crippen LogP contribution in [0.4, 0.5) is 0 Å². The lowest BCUT2D eigenvalue weighted by Crippen LogP contribution is -2.23. The van der Waals surface area contributed by atoms with E-state index in [0.29, 0.717) is 48.3 Å². The summed E-state index contributed by atoms with van der Waals surface area (Å²) in [5.74, 6) is 2.46. The van der Waals surface area contributed by atoms with Crippen LogP contribution in [-0.4, -0.2) is 31.3 Å². The molecule has 5 nitrogen and oxygen atoms in total. The number of carbonyl (C=O) groups is 2. The number of hydrogen-bond acceptors (Lipinski definition) is 5. The molecule has 1 aromatic rings. The molecule has 1 aromatic carbocycles. The molecule has 25 heavy (non-hydrogen) atoms. The first-order valence-corrected chi connectivity index (χ1v) is 8.22. The average molecular weight is 346 g/mol. The van der Waals surface area contributed by atoms with Crippen molar-refractivity contribution in [1.29, 1.82) is 0 Å². The van der Waals surface area contributed by atoms with Crippen molar-refractivity contribution in [1.82, 2.24) is 0 Å². The number of esters is 2. The van der Waals surface area contributed by atoms with E-state index in [9.17, 15) is 9.59 Å². The highest BCUT2D eigenvalue weighted by molar-refractivity contribution is 5.92. The molecule has 0 saturated carbocycles. The SMILES string of the molecule is C#Cc1c(OCCCCC(=O)OC(C)(C)C)ccc(C(=O)OC)c1C. The number of benzene rings is 1. The number of methoxy groups -OCH3 is 1. The maximum atomic E-state index is 11.7. The Morgan fingerprint density at radius 3 is 2.44 bits per heavy atom. The first-order chi connectivity index (χ1) is 11.7. The molecule has 0 fully saturated rings. The largest absolute Gasteiger partial charge is 0.492 e. The Morgan fingerprint density at radius 2 is 1.88 bits per heavy atom. The van der Waals surface area contributed by atoms with Gasteiger partial charge in [-0.25, -0.2) is 4.79 Å². The van der Waals surface area contributed by atoms with Gasteiger partial charge in [0, 0.05) is 6.42 Å². The van der Waals surface area contributed by atoms with E-state index >= 15 is 0 Å². The molecular formula is C20H26O5. The predicted molar refractivity (Wildman–Crippen MR) is 95.6 cm³/mol. The Bertz CT molecular complexity index is 662. The highest BCUT2D eigenvalue weighted by Gasteiger charge is 2.16. The second-order valence-corrected chi connectivity index (χ2v) is 6.64. The van der Waals surface area contributed by atoms with Crippen LogP contribution in [0, 0.1) is 19.3 Å². The number of terminal acetylenes is 1. The van der Waals surface area contributed by atoms with E-state index in [1.165, 1.54) is 7.11 Å². The summed E-state index contributed by atoms with van der Waals surface area (Å²) in [6.07, 6.45) is 7.26. The van der Waals surface area contributed by atoms with Crippen molar-refractivity contribution in [2.24, 2.45) is 0 Å². The van der Waals surface area contributed by atoms with Crippen LogP contribution in [0.1, 0.15) is 61.5 Å². The molecular weight excluding hydrogens is 320 g/mol. The predicted octanol–water partition coefficient (Wildman–Crippen LogP) is 3.65. The summed E-state index contributed by atoms with van der Waals surface area (Å²) < 4.78 is 15.7. The fraction of sp³-hybridized carbons (Fsp3) is 0.500. The highest BCUT2D eigenvalue weighted by Crippen LogP contribution is 2.25. The molecule has 0 amide bonds. The van der Waals surface area contributed by atoms with Gasteiger partial charge in [-0.15, -0.1) is 6.42 Å². The number of rotatable bonds is 7. The summed E-state index contributed by atoms with van der Waals surface area (Å²) in [4.78, 5) is 23.3. The second kappa shape index (κ2) is 9.12. The van der Waals surface area contributed by atoms with E-state index < -0.39 is 11.6 Å². The first-order valence-electron chi connectivity index (χ1n) is 8.22. The lowest BCUT2D eigenvalue weighted by Gasteiger charge is -2.19. The fourth-order valence-corrected chi connectivity index (χ4v) is 2.26. The van der Waals surface area contributed by atoms with Gasteiger partial charge in [0.2, 0.25) is 0 Å². The molecule has 0 bridgehead atoms. The summed E-state index contributed by atoms with van der Waals surface area (Å²) in [7, 11) is 1.33. The summed E-state index contributed by atoms with van der Waals surface area (Å²) in [6, 6.07) is 3.31. The van der Waals surface area contributed by atoms with E-state index in [1.54, 1.807) is 19.1 Å². The molecule has 1 rings (SSSR count). The molecule has 0 radical (unpaired) electrons. The molecule has 0 aliphatic rings. The Hall–Kier alpha value is -2.48. The van der Waals surface area contributed by atoms with Crippen molar-refractivity contribution in [3.05, 3.63) is 28.8 Å². The van der Waals surface area contributed by atoms with Crippen molar-refractivity contribution < 1.29 is 23.8 Å². The van der Waals surface area contributed by atoms with Gasteiger partial charge in [0.15, 0.2) is 0 Å². The first kappa shape index (κ1) is 20.6. The molecule has 0 aliphatic carbocycles. The maximum absolute atomic E-state index is 11.7. The van der Waals surface area contributed by atoms with Crippen LogP contribution in [0.5, 0.6) is 5.75 Å². The third-order valence-electron chi connectivity index (χ3n) is 3.43. The van der Waals surface area contributed by atoms with Gasteiger partial charge < -0.3 is 14.2 Å². The molecule has 0 saturated heterocycles. The molecule has 136 valence electrons. The molecule has 0 N–H and O–H groups in total. The minimum Gasteiger partial charge on any atom is -0.492 e. The smallest absolute Gasteiger partial charge is 0.338 e. The number of ether oxygens (including phenoxy) is 3. The number of unbranched alkanes of at least 4 members (excludes halogenated alkanes) is 1. The number of hydrogen-bond donors (Lipinski definition) is 0. The topological polar surface area (TPSA) is 61.8 Å². The summed E-state index contributed by atoms with van der Waals surface area (Å²) in [5.41, 5.74) is 1.15. The second-order valence-electron chi connectivity index (χ2n) is 6.64. The Labute approximate surface area is 149 Å². The summed E-state index contributed by atoms with van der Waals surface area (Å²) in [5, 5.41) is 0. The monoisotopic (exact) mass is 346 g/mol. The van der Waals surface area contributed by atoms with Crippen LogP contribution in [0.3, 0.4) is 0 Å². The lowest BCUT2D eigenvalue weighted by atomic mass is 10.0. The molecule has 0 aliphatic heterocycles. The van der Waals surface area contributed by atoms with E-state index in [0.717, 1.165) is 0 Å². The minimum absolute atomic E-state index is 0.213. The van der Waals surface area contributed by atoms with Gasteiger partial charge in [-0.3, -0.25) is 4.79 Å². The van der Waals surface area contributed by atoms with Gasteiger partial charge in [-0.2, -0.15) is 0 Å². The summed E-state index contributed by atoms with van der Waals surface area (Å²) >= 11 is 0. The van der Waals surface area contributed by atoms with Crippen molar-refractivity contribution in [3.8, 4) is 18.1 Å².